The summed E-state index contributed by atoms with van der Waals surface area (Å²) in [5, 5.41) is 14.5. The van der Waals surface area contributed by atoms with Crippen LogP contribution in [0.15, 0.2) is 36.7 Å². The number of amides is 1. The smallest absolute Gasteiger partial charge is 0.475 e. The maximum absolute atomic E-state index is 12.3. The van der Waals surface area contributed by atoms with Gasteiger partial charge in [0.25, 0.3) is 0 Å². The number of anilines is 1. The van der Waals surface area contributed by atoms with Gasteiger partial charge in [-0.2, -0.15) is 18.3 Å². The predicted molar refractivity (Wildman–Crippen MR) is 104 cm³/mol. The number of hydrogen-bond acceptors (Lipinski definition) is 4. The fourth-order valence-electron chi connectivity index (χ4n) is 2.42. The number of para-hydroxylation sites is 2. The van der Waals surface area contributed by atoms with Crippen molar-refractivity contribution in [3.63, 3.8) is 0 Å². The molecule has 0 radical (unpaired) electrons. The van der Waals surface area contributed by atoms with Crippen molar-refractivity contribution in [2.75, 3.05) is 5.32 Å². The summed E-state index contributed by atoms with van der Waals surface area (Å²) in [6.45, 7) is 6.51. The molecule has 0 spiro atoms. The second kappa shape index (κ2) is 8.56. The highest BCUT2D eigenvalue weighted by Crippen LogP contribution is 2.23. The number of fused-ring (bicyclic) bond motifs is 1. The second-order valence-electron chi connectivity index (χ2n) is 7.50. The zero-order chi connectivity index (χ0) is 22.7. The number of hydrogen-bond donors (Lipinski definition) is 2. The van der Waals surface area contributed by atoms with Crippen LogP contribution in [0.1, 0.15) is 26.5 Å². The fourth-order valence-corrected chi connectivity index (χ4v) is 2.42. The average Bonchev–Trinajstić information content (AvgIpc) is 3.19. The maximum Gasteiger partial charge on any atom is 0.490 e. The first kappa shape index (κ1) is 22.9. The Labute approximate surface area is 170 Å². The van der Waals surface area contributed by atoms with Gasteiger partial charge in [0, 0.05) is 18.5 Å². The topological polar surface area (TPSA) is 102 Å². The van der Waals surface area contributed by atoms with Crippen LogP contribution in [0.4, 0.5) is 19.0 Å². The SMILES string of the molecule is Cn1nc(C(C)(C)C)cc1NC(=O)Cn1cnc2ccccc21.O=C(O)C(F)(F)F. The molecule has 0 atom stereocenters. The van der Waals surface area contributed by atoms with E-state index in [-0.39, 0.29) is 17.9 Å². The zero-order valence-corrected chi connectivity index (χ0v) is 16.9. The molecule has 0 saturated carbocycles. The van der Waals surface area contributed by atoms with Gasteiger partial charge in [-0.25, -0.2) is 9.78 Å². The van der Waals surface area contributed by atoms with Crippen molar-refractivity contribution < 1.29 is 27.9 Å². The van der Waals surface area contributed by atoms with Crippen molar-refractivity contribution in [2.24, 2.45) is 7.05 Å². The van der Waals surface area contributed by atoms with Crippen molar-refractivity contribution in [3.05, 3.63) is 42.4 Å². The molecule has 0 aliphatic heterocycles. The Morgan fingerprint density at radius 3 is 2.30 bits per heavy atom. The molecular weight excluding hydrogens is 403 g/mol. The fraction of sp³-hybridized carbons (Fsp3) is 0.368. The first-order valence-electron chi connectivity index (χ1n) is 8.83. The molecule has 30 heavy (non-hydrogen) atoms. The number of carbonyl (C=O) groups excluding carboxylic acids is 1. The molecule has 2 N–H and O–H groups in total. The van der Waals surface area contributed by atoms with Gasteiger partial charge in [0.1, 0.15) is 12.4 Å². The van der Waals surface area contributed by atoms with E-state index in [1.807, 2.05) is 41.9 Å². The van der Waals surface area contributed by atoms with E-state index >= 15 is 0 Å². The number of benzene rings is 1. The lowest BCUT2D eigenvalue weighted by Crippen LogP contribution is -2.21. The van der Waals surface area contributed by atoms with E-state index in [0.717, 1.165) is 16.7 Å². The van der Waals surface area contributed by atoms with Gasteiger partial charge in [-0.15, -0.1) is 0 Å². The van der Waals surface area contributed by atoms with Crippen LogP contribution in [0.2, 0.25) is 0 Å². The molecule has 0 unspecified atom stereocenters. The third-order valence-corrected chi connectivity index (χ3v) is 4.00. The van der Waals surface area contributed by atoms with Crippen molar-refractivity contribution in [3.8, 4) is 0 Å². The lowest BCUT2D eigenvalue weighted by Gasteiger charge is -2.13. The van der Waals surface area contributed by atoms with Gasteiger partial charge >= 0.3 is 12.1 Å². The maximum atomic E-state index is 12.3. The van der Waals surface area contributed by atoms with E-state index in [2.05, 4.69) is 36.2 Å². The van der Waals surface area contributed by atoms with Crippen LogP contribution in [0, 0.1) is 0 Å². The summed E-state index contributed by atoms with van der Waals surface area (Å²) in [4.78, 5) is 25.5. The Bertz CT molecular complexity index is 1050. The molecule has 3 aromatic rings. The third-order valence-electron chi connectivity index (χ3n) is 4.00. The summed E-state index contributed by atoms with van der Waals surface area (Å²) >= 11 is 0. The van der Waals surface area contributed by atoms with Crippen LogP contribution in [0.3, 0.4) is 0 Å². The largest absolute Gasteiger partial charge is 0.490 e. The summed E-state index contributed by atoms with van der Waals surface area (Å²) in [5.41, 5.74) is 2.73. The highest BCUT2D eigenvalue weighted by Gasteiger charge is 2.38. The number of aliphatic carboxylic acids is 1. The first-order chi connectivity index (χ1) is 13.8. The molecule has 11 heteroatoms. The normalized spacial score (nSPS) is 11.7. The molecule has 1 aromatic carbocycles. The summed E-state index contributed by atoms with van der Waals surface area (Å²) in [5.74, 6) is -2.16. The molecule has 162 valence electrons. The molecule has 0 bridgehead atoms. The molecular formula is C19H22F3N5O3. The minimum absolute atomic E-state index is 0.0543. The minimum atomic E-state index is -5.08. The number of nitrogens with one attached hydrogen (secondary N) is 1. The molecule has 2 heterocycles. The Morgan fingerprint density at radius 2 is 1.77 bits per heavy atom. The highest BCUT2D eigenvalue weighted by atomic mass is 19.4. The van der Waals surface area contributed by atoms with Gasteiger partial charge in [-0.1, -0.05) is 32.9 Å². The predicted octanol–water partition coefficient (Wildman–Crippen LogP) is 3.34. The Kier molecular flexibility index (Phi) is 6.53. The van der Waals surface area contributed by atoms with Crippen molar-refractivity contribution in [2.45, 2.75) is 38.9 Å². The van der Waals surface area contributed by atoms with E-state index in [4.69, 9.17) is 9.90 Å². The number of rotatable bonds is 3. The van der Waals surface area contributed by atoms with Gasteiger partial charge in [0.2, 0.25) is 5.91 Å². The first-order valence-corrected chi connectivity index (χ1v) is 8.83. The lowest BCUT2D eigenvalue weighted by molar-refractivity contribution is -0.192. The molecule has 0 fully saturated rings. The van der Waals surface area contributed by atoms with Crippen LogP contribution in [-0.2, 0) is 28.6 Å². The highest BCUT2D eigenvalue weighted by molar-refractivity contribution is 5.90. The molecule has 0 aliphatic rings. The standard InChI is InChI=1S/C17H21N5O.C2HF3O2/c1-17(2,3)14-9-15(21(4)20-14)19-16(23)10-22-11-18-12-7-5-6-8-13(12)22;3-2(4,5)1(6)7/h5-9,11H,10H2,1-4H3,(H,19,23);(H,6,7). The lowest BCUT2D eigenvalue weighted by atomic mass is 9.92. The van der Waals surface area contributed by atoms with Gasteiger partial charge < -0.3 is 15.0 Å². The van der Waals surface area contributed by atoms with Crippen molar-refractivity contribution in [1.29, 1.82) is 0 Å². The number of alkyl halides is 3. The van der Waals surface area contributed by atoms with Gasteiger partial charge in [-0.05, 0) is 12.1 Å². The van der Waals surface area contributed by atoms with Gasteiger partial charge in [-0.3, -0.25) is 9.48 Å². The molecule has 0 saturated heterocycles. The van der Waals surface area contributed by atoms with Crippen molar-refractivity contribution in [1.82, 2.24) is 19.3 Å². The van der Waals surface area contributed by atoms with Crippen LogP contribution >= 0.6 is 0 Å². The van der Waals surface area contributed by atoms with Gasteiger partial charge in [0.05, 0.1) is 23.1 Å². The number of imidazole rings is 1. The van der Waals surface area contributed by atoms with Crippen LogP contribution in [-0.4, -0.2) is 42.5 Å². The Morgan fingerprint density at radius 1 is 1.17 bits per heavy atom. The van der Waals surface area contributed by atoms with E-state index in [1.54, 1.807) is 11.0 Å². The van der Waals surface area contributed by atoms with Crippen LogP contribution in [0.25, 0.3) is 11.0 Å². The van der Waals surface area contributed by atoms with E-state index in [1.165, 1.54) is 0 Å². The van der Waals surface area contributed by atoms with E-state index in [0.29, 0.717) is 5.82 Å². The molecule has 8 nitrogen and oxygen atoms in total. The molecule has 3 rings (SSSR count). The summed E-state index contributed by atoms with van der Waals surface area (Å²) in [7, 11) is 1.83. The van der Waals surface area contributed by atoms with E-state index in [9.17, 15) is 18.0 Å². The number of nitrogens with zero attached hydrogens (tertiary/aromatic N) is 4. The summed E-state index contributed by atoms with van der Waals surface area (Å²) < 4.78 is 35.3. The van der Waals surface area contributed by atoms with Crippen molar-refractivity contribution >= 4 is 28.7 Å². The van der Waals surface area contributed by atoms with Crippen LogP contribution < -0.4 is 5.32 Å². The minimum Gasteiger partial charge on any atom is -0.475 e. The zero-order valence-electron chi connectivity index (χ0n) is 16.9. The molecule has 1 amide bonds. The summed E-state index contributed by atoms with van der Waals surface area (Å²) in [6.07, 6.45) is -3.39. The quantitative estimate of drug-likeness (QED) is 0.670. The second-order valence-corrected chi connectivity index (χ2v) is 7.50. The van der Waals surface area contributed by atoms with Crippen LogP contribution in [0.5, 0.6) is 0 Å². The monoisotopic (exact) mass is 425 g/mol. The third kappa shape index (κ3) is 5.82. The molecule has 2 aromatic heterocycles. The number of halogens is 3. The number of carboxylic acids is 1. The number of aryl methyl sites for hydroxylation is 1. The Balaban J connectivity index is 0.000000396. The van der Waals surface area contributed by atoms with Gasteiger partial charge in [0.15, 0.2) is 0 Å². The van der Waals surface area contributed by atoms with E-state index < -0.39 is 12.1 Å². The number of aromatic nitrogens is 4. The number of carboxylic acid groups (broad SMARTS) is 1. The number of carbonyl (C=O) groups is 2. The average molecular weight is 425 g/mol. The Hall–Kier alpha value is -3.37. The summed E-state index contributed by atoms with van der Waals surface area (Å²) in [6, 6.07) is 9.68. The molecule has 0 aliphatic carbocycles.